The summed E-state index contributed by atoms with van der Waals surface area (Å²) >= 11 is 0. The zero-order valence-corrected chi connectivity index (χ0v) is 18.9. The number of para-hydroxylation sites is 1. The first kappa shape index (κ1) is 22.1. The van der Waals surface area contributed by atoms with Gasteiger partial charge in [0.2, 0.25) is 0 Å². The highest BCUT2D eigenvalue weighted by Gasteiger charge is 2.19. The molecule has 0 saturated heterocycles. The fourth-order valence-electron chi connectivity index (χ4n) is 3.82. The summed E-state index contributed by atoms with van der Waals surface area (Å²) in [7, 11) is 4.13. The molecule has 0 radical (unpaired) electrons. The summed E-state index contributed by atoms with van der Waals surface area (Å²) in [6.07, 6.45) is 6.03. The van der Waals surface area contributed by atoms with Crippen LogP contribution in [0.2, 0.25) is 0 Å². The van der Waals surface area contributed by atoms with E-state index in [4.69, 9.17) is 4.99 Å². The molecule has 1 heterocycles. The highest BCUT2D eigenvalue weighted by Crippen LogP contribution is 2.23. The summed E-state index contributed by atoms with van der Waals surface area (Å²) in [4.78, 5) is 7.10. The normalized spacial score (nSPS) is 19.5. The molecule has 30 heavy (non-hydrogen) atoms. The van der Waals surface area contributed by atoms with Gasteiger partial charge in [0.1, 0.15) is 12.4 Å². The third kappa shape index (κ3) is 6.47. The zero-order chi connectivity index (χ0) is 21.3. The van der Waals surface area contributed by atoms with Crippen LogP contribution in [0.4, 0.5) is 5.69 Å². The van der Waals surface area contributed by atoms with E-state index in [0.717, 1.165) is 43.0 Å². The predicted octanol–water partition coefficient (Wildman–Crippen LogP) is 3.26. The third-order valence-corrected chi connectivity index (χ3v) is 6.08. The summed E-state index contributed by atoms with van der Waals surface area (Å²) in [5.74, 6) is 3.52. The highest BCUT2D eigenvalue weighted by atomic mass is 15.3. The Balaban J connectivity index is 1.53. The minimum atomic E-state index is 0.501. The Morgan fingerprint density at radius 1 is 1.17 bits per heavy atom. The predicted molar refractivity (Wildman–Crippen MR) is 124 cm³/mol. The largest absolute Gasteiger partial charge is 0.375 e. The van der Waals surface area contributed by atoms with E-state index in [0.29, 0.717) is 12.6 Å². The molecule has 0 amide bonds. The standard InChI is InChI=1S/C23H37N7/c1-18-11-13-20(14-12-18)26-23(25-17-22-28-27-19(2)30(22)4)24-15-8-16-29(3)21-9-6-5-7-10-21/h5-7,9-10,18,20H,8,11-17H2,1-4H3,(H2,24,25,26). The number of guanidine groups is 1. The summed E-state index contributed by atoms with van der Waals surface area (Å²) in [6.45, 7) is 6.71. The molecule has 3 rings (SSSR count). The van der Waals surface area contributed by atoms with Crippen molar-refractivity contribution in [1.82, 2.24) is 25.4 Å². The Morgan fingerprint density at radius 3 is 2.57 bits per heavy atom. The van der Waals surface area contributed by atoms with Crippen LogP contribution in [0.5, 0.6) is 0 Å². The van der Waals surface area contributed by atoms with Crippen molar-refractivity contribution in [3.63, 3.8) is 0 Å². The maximum atomic E-state index is 4.81. The average molecular weight is 412 g/mol. The van der Waals surface area contributed by atoms with Gasteiger partial charge in [-0.05, 0) is 57.1 Å². The first-order chi connectivity index (χ1) is 14.5. The quantitative estimate of drug-likeness (QED) is 0.396. The van der Waals surface area contributed by atoms with E-state index in [2.05, 4.69) is 70.0 Å². The lowest BCUT2D eigenvalue weighted by atomic mass is 9.87. The topological polar surface area (TPSA) is 70.4 Å². The second-order valence-electron chi connectivity index (χ2n) is 8.53. The molecule has 0 aliphatic heterocycles. The Labute approximate surface area is 181 Å². The van der Waals surface area contributed by atoms with Crippen LogP contribution in [-0.2, 0) is 13.6 Å². The molecule has 1 aromatic heterocycles. The number of aliphatic imine (C=N–C) groups is 1. The van der Waals surface area contributed by atoms with Gasteiger partial charge in [0.25, 0.3) is 0 Å². The fraction of sp³-hybridized carbons (Fsp3) is 0.609. The molecular weight excluding hydrogens is 374 g/mol. The molecule has 2 N–H and O–H groups in total. The van der Waals surface area contributed by atoms with Gasteiger partial charge < -0.3 is 20.1 Å². The van der Waals surface area contributed by atoms with E-state index in [1.807, 2.05) is 18.5 Å². The summed E-state index contributed by atoms with van der Waals surface area (Å²) in [6, 6.07) is 11.0. The van der Waals surface area contributed by atoms with Crippen LogP contribution in [0.3, 0.4) is 0 Å². The number of benzene rings is 1. The number of hydrogen-bond acceptors (Lipinski definition) is 4. The Hall–Kier alpha value is -2.57. The Bertz CT molecular complexity index is 791. The van der Waals surface area contributed by atoms with E-state index in [1.54, 1.807) is 0 Å². The fourth-order valence-corrected chi connectivity index (χ4v) is 3.82. The lowest BCUT2D eigenvalue weighted by molar-refractivity contribution is 0.329. The van der Waals surface area contributed by atoms with Crippen LogP contribution < -0.4 is 15.5 Å². The van der Waals surface area contributed by atoms with Gasteiger partial charge in [-0.25, -0.2) is 4.99 Å². The van der Waals surface area contributed by atoms with Gasteiger partial charge in [0.15, 0.2) is 11.8 Å². The number of nitrogens with zero attached hydrogens (tertiary/aromatic N) is 5. The van der Waals surface area contributed by atoms with Gasteiger partial charge in [0.05, 0.1) is 0 Å². The van der Waals surface area contributed by atoms with Crippen LogP contribution in [0.15, 0.2) is 35.3 Å². The third-order valence-electron chi connectivity index (χ3n) is 6.08. The molecule has 0 spiro atoms. The second-order valence-corrected chi connectivity index (χ2v) is 8.53. The number of rotatable bonds is 8. The van der Waals surface area contributed by atoms with Gasteiger partial charge in [-0.3, -0.25) is 0 Å². The summed E-state index contributed by atoms with van der Waals surface area (Å²) in [5, 5.41) is 15.6. The lowest BCUT2D eigenvalue weighted by Gasteiger charge is -2.28. The highest BCUT2D eigenvalue weighted by molar-refractivity contribution is 5.80. The van der Waals surface area contributed by atoms with Crippen molar-refractivity contribution in [2.75, 3.05) is 25.0 Å². The molecular formula is C23H37N7. The molecule has 1 saturated carbocycles. The van der Waals surface area contributed by atoms with Crippen molar-refractivity contribution in [2.45, 2.75) is 58.5 Å². The van der Waals surface area contributed by atoms with Crippen molar-refractivity contribution in [2.24, 2.45) is 18.0 Å². The monoisotopic (exact) mass is 411 g/mol. The first-order valence-electron chi connectivity index (χ1n) is 11.2. The van der Waals surface area contributed by atoms with Crippen LogP contribution in [-0.4, -0.2) is 46.9 Å². The van der Waals surface area contributed by atoms with Crippen molar-refractivity contribution in [3.05, 3.63) is 42.0 Å². The van der Waals surface area contributed by atoms with E-state index in [9.17, 15) is 0 Å². The SMILES string of the molecule is Cc1nnc(CN=C(NCCCN(C)c2ccccc2)NC2CCC(C)CC2)n1C. The first-order valence-corrected chi connectivity index (χ1v) is 11.2. The second kappa shape index (κ2) is 11.0. The lowest BCUT2D eigenvalue weighted by Crippen LogP contribution is -2.45. The van der Waals surface area contributed by atoms with Gasteiger partial charge in [-0.15, -0.1) is 10.2 Å². The number of nitrogens with one attached hydrogen (secondary N) is 2. The molecule has 2 aromatic rings. The molecule has 1 aromatic carbocycles. The van der Waals surface area contributed by atoms with E-state index < -0.39 is 0 Å². The molecule has 0 unspecified atom stereocenters. The van der Waals surface area contributed by atoms with E-state index in [-0.39, 0.29) is 0 Å². The van der Waals surface area contributed by atoms with Gasteiger partial charge in [-0.1, -0.05) is 25.1 Å². The van der Waals surface area contributed by atoms with E-state index in [1.165, 1.54) is 31.4 Å². The molecule has 1 aliphatic carbocycles. The van der Waals surface area contributed by atoms with Gasteiger partial charge >= 0.3 is 0 Å². The number of aromatic nitrogens is 3. The summed E-state index contributed by atoms with van der Waals surface area (Å²) in [5.41, 5.74) is 1.25. The van der Waals surface area contributed by atoms with Crippen molar-refractivity contribution < 1.29 is 0 Å². The van der Waals surface area contributed by atoms with Crippen LogP contribution in [0, 0.1) is 12.8 Å². The molecule has 0 atom stereocenters. The van der Waals surface area contributed by atoms with Crippen molar-refractivity contribution >= 4 is 11.6 Å². The molecule has 0 bridgehead atoms. The van der Waals surface area contributed by atoms with Gasteiger partial charge in [0, 0.05) is 38.9 Å². The van der Waals surface area contributed by atoms with Crippen molar-refractivity contribution in [3.8, 4) is 0 Å². The molecule has 1 aliphatic rings. The zero-order valence-electron chi connectivity index (χ0n) is 18.9. The summed E-state index contributed by atoms with van der Waals surface area (Å²) < 4.78 is 2.00. The molecule has 164 valence electrons. The molecule has 7 heteroatoms. The number of aryl methyl sites for hydroxylation is 1. The van der Waals surface area contributed by atoms with Crippen LogP contribution >= 0.6 is 0 Å². The Kier molecular flexibility index (Phi) is 8.11. The minimum absolute atomic E-state index is 0.501. The minimum Gasteiger partial charge on any atom is -0.375 e. The van der Waals surface area contributed by atoms with Gasteiger partial charge in [-0.2, -0.15) is 0 Å². The van der Waals surface area contributed by atoms with Crippen molar-refractivity contribution in [1.29, 1.82) is 0 Å². The smallest absolute Gasteiger partial charge is 0.191 e. The van der Waals surface area contributed by atoms with E-state index >= 15 is 0 Å². The molecule has 7 nitrogen and oxygen atoms in total. The van der Waals surface area contributed by atoms with Crippen LogP contribution in [0.1, 0.15) is 50.7 Å². The average Bonchev–Trinajstić information content (AvgIpc) is 3.09. The van der Waals surface area contributed by atoms with Crippen LogP contribution in [0.25, 0.3) is 0 Å². The number of anilines is 1. The molecule has 1 fully saturated rings. The number of hydrogen-bond donors (Lipinski definition) is 2. The Morgan fingerprint density at radius 2 is 1.90 bits per heavy atom. The maximum absolute atomic E-state index is 4.81. The maximum Gasteiger partial charge on any atom is 0.191 e.